The van der Waals surface area contributed by atoms with E-state index in [2.05, 4.69) is 15.9 Å². The second-order valence-corrected chi connectivity index (χ2v) is 5.20. The number of carbonyl (C=O) groups excluding carboxylic acids is 2. The number of nitrogens with zero attached hydrogens (tertiary/aromatic N) is 1. The lowest BCUT2D eigenvalue weighted by Crippen LogP contribution is -2.41. The molecule has 102 valence electrons. The normalized spacial score (nSPS) is 15.5. The van der Waals surface area contributed by atoms with E-state index in [1.54, 1.807) is 11.0 Å². The Morgan fingerprint density at radius 3 is 2.68 bits per heavy atom. The molecule has 1 amide bonds. The number of carbonyl (C=O) groups is 2. The second-order valence-electron chi connectivity index (χ2n) is 4.28. The van der Waals surface area contributed by atoms with Crippen molar-refractivity contribution in [2.45, 2.75) is 12.8 Å². The molecule has 6 heteroatoms. The van der Waals surface area contributed by atoms with Crippen molar-refractivity contribution >= 4 is 27.6 Å². The van der Waals surface area contributed by atoms with Crippen molar-refractivity contribution < 1.29 is 18.7 Å². The molecule has 0 N–H and O–H groups in total. The summed E-state index contributed by atoms with van der Waals surface area (Å²) in [5.41, 5.74) is 0. The Balaban J connectivity index is 1.88. The Morgan fingerprint density at radius 2 is 2.05 bits per heavy atom. The van der Waals surface area contributed by atoms with Gasteiger partial charge in [0.2, 0.25) is 0 Å². The third-order valence-electron chi connectivity index (χ3n) is 2.92. The zero-order valence-corrected chi connectivity index (χ0v) is 11.8. The van der Waals surface area contributed by atoms with Crippen molar-refractivity contribution in [1.82, 2.24) is 4.90 Å². The SMILES string of the molecule is O=C1CCN(C(=O)COc2ccc(Br)cc2F)CC1. The van der Waals surface area contributed by atoms with Crippen molar-refractivity contribution in [3.63, 3.8) is 0 Å². The number of hydrogen-bond acceptors (Lipinski definition) is 3. The fraction of sp³-hybridized carbons (Fsp3) is 0.385. The molecule has 1 saturated heterocycles. The highest BCUT2D eigenvalue weighted by Crippen LogP contribution is 2.21. The Kier molecular flexibility index (Phi) is 4.52. The third kappa shape index (κ3) is 3.76. The monoisotopic (exact) mass is 329 g/mol. The summed E-state index contributed by atoms with van der Waals surface area (Å²) in [5, 5.41) is 0. The number of piperidine rings is 1. The van der Waals surface area contributed by atoms with Gasteiger partial charge in [0.1, 0.15) is 5.78 Å². The van der Waals surface area contributed by atoms with Gasteiger partial charge in [-0.2, -0.15) is 0 Å². The summed E-state index contributed by atoms with van der Waals surface area (Å²) in [7, 11) is 0. The number of ketones is 1. The topological polar surface area (TPSA) is 46.6 Å². The van der Waals surface area contributed by atoms with Crippen LogP contribution in [-0.2, 0) is 9.59 Å². The standard InChI is InChI=1S/C13H13BrFNO3/c14-9-1-2-12(11(15)7-9)19-8-13(18)16-5-3-10(17)4-6-16/h1-2,7H,3-6,8H2. The average molecular weight is 330 g/mol. The first-order valence-corrected chi connectivity index (χ1v) is 6.73. The van der Waals surface area contributed by atoms with Gasteiger partial charge in [0, 0.05) is 30.4 Å². The van der Waals surface area contributed by atoms with Gasteiger partial charge in [0.15, 0.2) is 18.2 Å². The van der Waals surface area contributed by atoms with Crippen LogP contribution in [0.2, 0.25) is 0 Å². The maximum absolute atomic E-state index is 13.5. The summed E-state index contributed by atoms with van der Waals surface area (Å²) in [5.74, 6) is -0.528. The van der Waals surface area contributed by atoms with Crippen LogP contribution in [0.5, 0.6) is 5.75 Å². The van der Waals surface area contributed by atoms with E-state index in [4.69, 9.17) is 4.74 Å². The van der Waals surface area contributed by atoms with E-state index in [0.29, 0.717) is 30.4 Å². The van der Waals surface area contributed by atoms with E-state index in [0.717, 1.165) is 0 Å². The molecule has 1 aliphatic rings. The van der Waals surface area contributed by atoms with Crippen LogP contribution in [0.15, 0.2) is 22.7 Å². The number of amides is 1. The van der Waals surface area contributed by atoms with E-state index >= 15 is 0 Å². The molecule has 0 aliphatic carbocycles. The highest BCUT2D eigenvalue weighted by molar-refractivity contribution is 9.10. The molecule has 0 saturated carbocycles. The first-order chi connectivity index (χ1) is 9.06. The number of ether oxygens (including phenoxy) is 1. The number of benzene rings is 1. The van der Waals surface area contributed by atoms with Crippen LogP contribution in [0.3, 0.4) is 0 Å². The van der Waals surface area contributed by atoms with E-state index in [1.165, 1.54) is 12.1 Å². The zero-order chi connectivity index (χ0) is 13.8. The van der Waals surface area contributed by atoms with Crippen molar-refractivity contribution in [1.29, 1.82) is 0 Å². The van der Waals surface area contributed by atoms with Gasteiger partial charge in [0.25, 0.3) is 5.91 Å². The van der Waals surface area contributed by atoms with Crippen molar-refractivity contribution in [2.24, 2.45) is 0 Å². The molecule has 19 heavy (non-hydrogen) atoms. The Bertz CT molecular complexity index is 497. The molecule has 1 aromatic rings. The molecule has 1 aromatic carbocycles. The molecule has 0 atom stereocenters. The lowest BCUT2D eigenvalue weighted by atomic mass is 10.1. The summed E-state index contributed by atoms with van der Waals surface area (Å²) in [4.78, 5) is 24.4. The van der Waals surface area contributed by atoms with Crippen LogP contribution in [0.25, 0.3) is 0 Å². The molecule has 0 aromatic heterocycles. The molecule has 1 fully saturated rings. The van der Waals surface area contributed by atoms with Gasteiger partial charge < -0.3 is 9.64 Å². The van der Waals surface area contributed by atoms with Gasteiger partial charge in [-0.15, -0.1) is 0 Å². The first-order valence-electron chi connectivity index (χ1n) is 5.93. The number of halogens is 2. The van der Waals surface area contributed by atoms with Crippen LogP contribution >= 0.6 is 15.9 Å². The van der Waals surface area contributed by atoms with Gasteiger partial charge in [-0.25, -0.2) is 4.39 Å². The fourth-order valence-corrected chi connectivity index (χ4v) is 2.16. The lowest BCUT2D eigenvalue weighted by molar-refractivity contribution is -0.136. The van der Waals surface area contributed by atoms with Gasteiger partial charge >= 0.3 is 0 Å². The van der Waals surface area contributed by atoms with Crippen molar-refractivity contribution in [3.8, 4) is 5.75 Å². The molecule has 0 unspecified atom stereocenters. The van der Waals surface area contributed by atoms with Crippen LogP contribution in [0, 0.1) is 5.82 Å². The second kappa shape index (κ2) is 6.14. The smallest absolute Gasteiger partial charge is 0.260 e. The minimum Gasteiger partial charge on any atom is -0.481 e. The van der Waals surface area contributed by atoms with E-state index in [-0.39, 0.29) is 24.0 Å². The molecule has 1 aliphatic heterocycles. The predicted molar refractivity (Wildman–Crippen MR) is 70.4 cm³/mol. The molecule has 2 rings (SSSR count). The van der Waals surface area contributed by atoms with Crippen LogP contribution < -0.4 is 4.74 Å². The minimum atomic E-state index is -0.518. The van der Waals surface area contributed by atoms with Gasteiger partial charge in [-0.3, -0.25) is 9.59 Å². The predicted octanol–water partition coefficient (Wildman–Crippen LogP) is 2.16. The fourth-order valence-electron chi connectivity index (χ4n) is 1.83. The van der Waals surface area contributed by atoms with Crippen LogP contribution in [-0.4, -0.2) is 36.3 Å². The van der Waals surface area contributed by atoms with E-state index < -0.39 is 5.82 Å². The Labute approximate surface area is 118 Å². The zero-order valence-electron chi connectivity index (χ0n) is 10.2. The summed E-state index contributed by atoms with van der Waals surface area (Å²) < 4.78 is 19.2. The highest BCUT2D eigenvalue weighted by atomic mass is 79.9. The Morgan fingerprint density at radius 1 is 1.37 bits per heavy atom. The summed E-state index contributed by atoms with van der Waals surface area (Å²) in [6.07, 6.45) is 0.775. The largest absolute Gasteiger partial charge is 0.481 e. The summed E-state index contributed by atoms with van der Waals surface area (Å²) in [6, 6.07) is 4.38. The molecule has 1 heterocycles. The minimum absolute atomic E-state index is 0.0460. The molecule has 0 radical (unpaired) electrons. The molecule has 0 spiro atoms. The van der Waals surface area contributed by atoms with Crippen molar-refractivity contribution in [2.75, 3.05) is 19.7 Å². The van der Waals surface area contributed by atoms with Gasteiger partial charge in [-0.1, -0.05) is 15.9 Å². The number of Topliss-reactive ketones (excluding diaryl/α,β-unsaturated/α-hetero) is 1. The molecule has 4 nitrogen and oxygen atoms in total. The number of hydrogen-bond donors (Lipinski definition) is 0. The lowest BCUT2D eigenvalue weighted by Gasteiger charge is -2.25. The van der Waals surface area contributed by atoms with Crippen LogP contribution in [0.4, 0.5) is 4.39 Å². The number of rotatable bonds is 3. The molecular formula is C13H13BrFNO3. The van der Waals surface area contributed by atoms with Crippen LogP contribution in [0.1, 0.15) is 12.8 Å². The van der Waals surface area contributed by atoms with E-state index in [9.17, 15) is 14.0 Å². The van der Waals surface area contributed by atoms with E-state index in [1.807, 2.05) is 0 Å². The number of likely N-dealkylation sites (tertiary alicyclic amines) is 1. The third-order valence-corrected chi connectivity index (χ3v) is 3.41. The van der Waals surface area contributed by atoms with Gasteiger partial charge in [0.05, 0.1) is 0 Å². The van der Waals surface area contributed by atoms with Gasteiger partial charge in [-0.05, 0) is 18.2 Å². The summed E-state index contributed by atoms with van der Waals surface area (Å²) >= 11 is 3.14. The highest BCUT2D eigenvalue weighted by Gasteiger charge is 2.21. The Hall–Kier alpha value is -1.43. The maximum Gasteiger partial charge on any atom is 0.260 e. The first kappa shape index (κ1) is 14.0. The molecular weight excluding hydrogens is 317 g/mol. The average Bonchev–Trinajstić information content (AvgIpc) is 2.38. The maximum atomic E-state index is 13.5. The summed E-state index contributed by atoms with van der Waals surface area (Å²) in [6.45, 7) is 0.625. The molecule has 0 bridgehead atoms. The quantitative estimate of drug-likeness (QED) is 0.853. The van der Waals surface area contributed by atoms with Crippen molar-refractivity contribution in [3.05, 3.63) is 28.5 Å².